The third-order valence-corrected chi connectivity index (χ3v) is 3.24. The first-order valence-corrected chi connectivity index (χ1v) is 6.97. The number of hydrogen-bond acceptors (Lipinski definition) is 8. The topological polar surface area (TPSA) is 145 Å². The summed E-state index contributed by atoms with van der Waals surface area (Å²) in [6.45, 7) is 4.22. The molecule has 0 saturated carbocycles. The summed E-state index contributed by atoms with van der Waals surface area (Å²) in [5.74, 6) is -4.70. The fourth-order valence-electron chi connectivity index (χ4n) is 2.16. The number of nitro groups is 1. The van der Waals surface area contributed by atoms with E-state index < -0.39 is 39.9 Å². The van der Waals surface area contributed by atoms with Crippen LogP contribution in [0.25, 0.3) is 0 Å². The second-order valence-electron chi connectivity index (χ2n) is 5.63. The minimum Gasteiger partial charge on any atom is -0.478 e. The van der Waals surface area contributed by atoms with Crippen molar-refractivity contribution in [2.24, 2.45) is 0 Å². The molecule has 2 N–H and O–H groups in total. The first-order chi connectivity index (χ1) is 11.5. The predicted octanol–water partition coefficient (Wildman–Crippen LogP) is 1.73. The van der Waals surface area contributed by atoms with E-state index in [1.54, 1.807) is 0 Å². The lowest BCUT2D eigenvalue weighted by molar-refractivity contribution is -0.384. The first-order valence-electron chi connectivity index (χ1n) is 6.97. The molecule has 0 atom stereocenters. The van der Waals surface area contributed by atoms with Gasteiger partial charge in [-0.1, -0.05) is 0 Å². The SMILES string of the molecule is Cc1cc([N+](=O)[O-])cc(C(=O)O)c1NC=C1C(=O)OC(C)(C)OC1=O. The van der Waals surface area contributed by atoms with Crippen LogP contribution < -0.4 is 5.32 Å². The Morgan fingerprint density at radius 1 is 1.28 bits per heavy atom. The lowest BCUT2D eigenvalue weighted by Crippen LogP contribution is -2.42. The molecule has 0 bridgehead atoms. The Balaban J connectivity index is 2.41. The second kappa shape index (κ2) is 6.23. The minimum absolute atomic E-state index is 0.00367. The standard InChI is InChI=1S/C15H14N2O8/c1-7-4-8(17(22)23)5-9(12(18)19)11(7)16-6-10-13(20)24-15(2,3)25-14(10)21/h4-6,16H,1-3H3,(H,18,19). The summed E-state index contributed by atoms with van der Waals surface area (Å²) in [5.41, 5.74) is -1.02. The molecule has 10 nitrogen and oxygen atoms in total. The van der Waals surface area contributed by atoms with Crippen molar-refractivity contribution in [1.82, 2.24) is 0 Å². The molecule has 1 saturated heterocycles. The van der Waals surface area contributed by atoms with Crippen molar-refractivity contribution in [1.29, 1.82) is 0 Å². The molecule has 0 radical (unpaired) electrons. The van der Waals surface area contributed by atoms with Gasteiger partial charge < -0.3 is 19.9 Å². The van der Waals surface area contributed by atoms with Crippen molar-refractivity contribution in [3.05, 3.63) is 45.1 Å². The maximum atomic E-state index is 11.9. The van der Waals surface area contributed by atoms with E-state index in [-0.39, 0.29) is 16.8 Å². The molecule has 2 rings (SSSR count). The Morgan fingerprint density at radius 3 is 2.32 bits per heavy atom. The van der Waals surface area contributed by atoms with Crippen LogP contribution in [0.1, 0.15) is 29.8 Å². The van der Waals surface area contributed by atoms with Gasteiger partial charge in [0.1, 0.15) is 0 Å². The lowest BCUT2D eigenvalue weighted by atomic mass is 10.1. The average molecular weight is 350 g/mol. The number of aromatic carboxylic acids is 1. The Labute approximate surface area is 141 Å². The number of nitrogens with zero attached hydrogens (tertiary/aromatic N) is 1. The molecule has 0 aliphatic carbocycles. The van der Waals surface area contributed by atoms with Crippen LogP contribution >= 0.6 is 0 Å². The molecule has 1 aromatic rings. The predicted molar refractivity (Wildman–Crippen MR) is 82.8 cm³/mol. The number of carbonyl (C=O) groups is 3. The number of anilines is 1. The Morgan fingerprint density at radius 2 is 1.84 bits per heavy atom. The van der Waals surface area contributed by atoms with Crippen LogP contribution in [-0.4, -0.2) is 33.7 Å². The molecule has 1 aliphatic rings. The Kier molecular flexibility index (Phi) is 4.46. The number of aryl methyl sites for hydroxylation is 1. The van der Waals surface area contributed by atoms with Crippen molar-refractivity contribution in [3.8, 4) is 0 Å². The van der Waals surface area contributed by atoms with Crippen LogP contribution in [0.2, 0.25) is 0 Å². The van der Waals surface area contributed by atoms with Crippen LogP contribution in [0.15, 0.2) is 23.9 Å². The highest BCUT2D eigenvalue weighted by Gasteiger charge is 2.39. The summed E-state index contributed by atoms with van der Waals surface area (Å²) >= 11 is 0. The van der Waals surface area contributed by atoms with Gasteiger partial charge in [0.15, 0.2) is 5.57 Å². The summed E-state index contributed by atoms with van der Waals surface area (Å²) in [6.07, 6.45) is 0.945. The molecule has 1 fully saturated rings. The molecule has 0 amide bonds. The first kappa shape index (κ1) is 17.9. The molecule has 1 aliphatic heterocycles. The number of nitrogens with one attached hydrogen (secondary N) is 1. The molecule has 132 valence electrons. The molecule has 0 unspecified atom stereocenters. The van der Waals surface area contributed by atoms with Gasteiger partial charge in [-0.05, 0) is 12.5 Å². The number of benzene rings is 1. The van der Waals surface area contributed by atoms with Crippen molar-refractivity contribution in [2.75, 3.05) is 5.32 Å². The van der Waals surface area contributed by atoms with Gasteiger partial charge in [-0.3, -0.25) is 10.1 Å². The average Bonchev–Trinajstić information content (AvgIpc) is 2.45. The number of carbonyl (C=O) groups excluding carboxylic acids is 2. The molecule has 10 heteroatoms. The van der Waals surface area contributed by atoms with E-state index in [0.717, 1.165) is 18.3 Å². The number of carboxylic acids is 1. The van der Waals surface area contributed by atoms with Gasteiger partial charge in [0, 0.05) is 32.2 Å². The Hall–Kier alpha value is -3.43. The second-order valence-corrected chi connectivity index (χ2v) is 5.63. The van der Waals surface area contributed by atoms with Gasteiger partial charge in [0.2, 0.25) is 0 Å². The normalized spacial score (nSPS) is 15.9. The maximum absolute atomic E-state index is 11.9. The highest BCUT2D eigenvalue weighted by molar-refractivity contribution is 6.15. The summed E-state index contributed by atoms with van der Waals surface area (Å²) in [6, 6.07) is 2.03. The maximum Gasteiger partial charge on any atom is 0.350 e. The zero-order chi connectivity index (χ0) is 18.9. The molecular formula is C15H14N2O8. The van der Waals surface area contributed by atoms with E-state index in [2.05, 4.69) is 5.32 Å². The van der Waals surface area contributed by atoms with E-state index in [1.165, 1.54) is 20.8 Å². The van der Waals surface area contributed by atoms with Gasteiger partial charge in [-0.15, -0.1) is 0 Å². The van der Waals surface area contributed by atoms with Crippen LogP contribution in [0, 0.1) is 17.0 Å². The van der Waals surface area contributed by atoms with Gasteiger partial charge in [0.25, 0.3) is 11.5 Å². The number of rotatable bonds is 4. The van der Waals surface area contributed by atoms with E-state index in [0.29, 0.717) is 0 Å². The zero-order valence-corrected chi connectivity index (χ0v) is 13.5. The molecular weight excluding hydrogens is 336 g/mol. The molecule has 1 heterocycles. The summed E-state index contributed by atoms with van der Waals surface area (Å²) in [4.78, 5) is 45.2. The number of hydrogen-bond donors (Lipinski definition) is 2. The fraction of sp³-hybridized carbons (Fsp3) is 0.267. The van der Waals surface area contributed by atoms with Gasteiger partial charge >= 0.3 is 17.9 Å². The van der Waals surface area contributed by atoms with E-state index in [9.17, 15) is 29.6 Å². The third kappa shape index (κ3) is 3.74. The monoisotopic (exact) mass is 350 g/mol. The largest absolute Gasteiger partial charge is 0.478 e. The molecule has 25 heavy (non-hydrogen) atoms. The van der Waals surface area contributed by atoms with Gasteiger partial charge in [0.05, 0.1) is 16.2 Å². The van der Waals surface area contributed by atoms with Gasteiger partial charge in [-0.25, -0.2) is 14.4 Å². The van der Waals surface area contributed by atoms with Crippen LogP contribution in [-0.2, 0) is 19.1 Å². The minimum atomic E-state index is -1.41. The van der Waals surface area contributed by atoms with Crippen molar-refractivity contribution in [3.63, 3.8) is 0 Å². The summed E-state index contributed by atoms with van der Waals surface area (Å²) < 4.78 is 9.82. The van der Waals surface area contributed by atoms with Crippen molar-refractivity contribution >= 4 is 29.3 Å². The smallest absolute Gasteiger partial charge is 0.350 e. The van der Waals surface area contributed by atoms with Crippen molar-refractivity contribution < 1.29 is 33.9 Å². The van der Waals surface area contributed by atoms with Crippen LogP contribution in [0.5, 0.6) is 0 Å². The highest BCUT2D eigenvalue weighted by atomic mass is 16.7. The molecule has 1 aromatic carbocycles. The number of carboxylic acid groups (broad SMARTS) is 1. The third-order valence-electron chi connectivity index (χ3n) is 3.24. The molecule has 0 spiro atoms. The number of ether oxygens (including phenoxy) is 2. The van der Waals surface area contributed by atoms with Crippen LogP contribution in [0.3, 0.4) is 0 Å². The summed E-state index contributed by atoms with van der Waals surface area (Å²) in [7, 11) is 0. The number of cyclic esters (lactones) is 2. The zero-order valence-electron chi connectivity index (χ0n) is 13.5. The lowest BCUT2D eigenvalue weighted by Gasteiger charge is -2.29. The van der Waals surface area contributed by atoms with Crippen LogP contribution in [0.4, 0.5) is 11.4 Å². The Bertz CT molecular complexity index is 803. The summed E-state index contributed by atoms with van der Waals surface area (Å²) in [5, 5.41) is 22.6. The van der Waals surface area contributed by atoms with E-state index >= 15 is 0 Å². The van der Waals surface area contributed by atoms with Gasteiger partial charge in [-0.2, -0.15) is 0 Å². The number of nitro benzene ring substituents is 1. The number of non-ortho nitro benzene ring substituents is 1. The quantitative estimate of drug-likeness (QED) is 0.272. The van der Waals surface area contributed by atoms with E-state index in [4.69, 9.17) is 9.47 Å². The fourth-order valence-corrected chi connectivity index (χ4v) is 2.16. The molecule has 0 aromatic heterocycles. The number of esters is 2. The van der Waals surface area contributed by atoms with Crippen molar-refractivity contribution in [2.45, 2.75) is 26.6 Å². The van der Waals surface area contributed by atoms with E-state index in [1.807, 2.05) is 0 Å². The highest BCUT2D eigenvalue weighted by Crippen LogP contribution is 2.28.